The van der Waals surface area contributed by atoms with Crippen molar-refractivity contribution in [2.45, 2.75) is 65.1 Å². The largest absolute Gasteiger partial charge is 0.465 e. The van der Waals surface area contributed by atoms with E-state index in [1.165, 1.54) is 7.11 Å². The van der Waals surface area contributed by atoms with Crippen LogP contribution in [-0.2, 0) is 14.3 Å². The van der Waals surface area contributed by atoms with Crippen molar-refractivity contribution < 1.29 is 14.3 Å². The van der Waals surface area contributed by atoms with Crippen molar-refractivity contribution in [2.75, 3.05) is 7.11 Å². The van der Waals surface area contributed by atoms with Crippen molar-refractivity contribution >= 4 is 17.6 Å². The quantitative estimate of drug-likeness (QED) is 0.317. The van der Waals surface area contributed by atoms with E-state index in [2.05, 4.69) is 40.0 Å². The van der Waals surface area contributed by atoms with Gasteiger partial charge in [0, 0.05) is 5.56 Å². The number of ether oxygens (including phenoxy) is 1. The Morgan fingerprint density at radius 2 is 1.94 bits per heavy atom. The maximum atomic E-state index is 13.9. The number of nitrogens with zero attached hydrogens (tertiary/aromatic N) is 3. The molecule has 1 saturated carbocycles. The van der Waals surface area contributed by atoms with Gasteiger partial charge in [0.2, 0.25) is 0 Å². The van der Waals surface area contributed by atoms with Gasteiger partial charge in [-0.3, -0.25) is 9.79 Å². The van der Waals surface area contributed by atoms with Crippen LogP contribution in [-0.4, -0.2) is 41.3 Å². The molecule has 6 heteroatoms. The molecule has 1 spiro atoms. The summed E-state index contributed by atoms with van der Waals surface area (Å²) in [6, 6.07) is 8.83. The van der Waals surface area contributed by atoms with Crippen molar-refractivity contribution in [3.8, 4) is 6.07 Å². The number of hydrogen-bond donors (Lipinski definition) is 0. The van der Waals surface area contributed by atoms with Crippen LogP contribution in [0.2, 0.25) is 0 Å². The first-order valence-corrected chi connectivity index (χ1v) is 12.0. The van der Waals surface area contributed by atoms with Gasteiger partial charge in [0.25, 0.3) is 5.91 Å². The maximum absolute atomic E-state index is 13.9. The summed E-state index contributed by atoms with van der Waals surface area (Å²) in [5.41, 5.74) is 1.94. The highest BCUT2D eigenvalue weighted by Crippen LogP contribution is 2.47. The average Bonchev–Trinajstić information content (AvgIpc) is 3.12. The Hall–Kier alpha value is -3.46. The third kappa shape index (κ3) is 5.30. The van der Waals surface area contributed by atoms with Crippen LogP contribution in [0.15, 0.2) is 65.7 Å². The molecule has 0 radical (unpaired) electrons. The molecule has 0 unspecified atom stereocenters. The minimum absolute atomic E-state index is 0.164. The second kappa shape index (κ2) is 10.0. The fourth-order valence-electron chi connectivity index (χ4n) is 5.08. The standard InChI is InChI=1S/C29H35N3O3/c1-19(11-12-20(2)27(34)35-7)21(3)32-26(33)25(23-10-8-9-22(17-23)18-30)31-29(32)15-13-24(14-16-29)28(4,5)6/h8-12,17,21,24H,1-2,13-16H2,3-7H3/b12-11-/t21-,24?,29?/m1/s1. The molecular weight excluding hydrogens is 438 g/mol. The summed E-state index contributed by atoms with van der Waals surface area (Å²) >= 11 is 0. The van der Waals surface area contributed by atoms with Crippen molar-refractivity contribution in [3.63, 3.8) is 0 Å². The molecule has 1 amide bonds. The SMILES string of the molecule is C=C(/C=C\C(=C)[C@@H](C)N1C(=O)C(c2cccc(C#N)c2)=NC12CCC(C(C)(C)C)CC2)C(=O)OC. The zero-order valence-corrected chi connectivity index (χ0v) is 21.4. The average molecular weight is 474 g/mol. The number of amides is 1. The van der Waals surface area contributed by atoms with Crippen LogP contribution in [0.25, 0.3) is 0 Å². The molecule has 1 aromatic rings. The topological polar surface area (TPSA) is 82.8 Å². The summed E-state index contributed by atoms with van der Waals surface area (Å²) in [4.78, 5) is 32.5. The van der Waals surface area contributed by atoms with Gasteiger partial charge < -0.3 is 9.64 Å². The number of aliphatic imine (C=N–C) groups is 1. The van der Waals surface area contributed by atoms with Crippen LogP contribution in [0.1, 0.15) is 64.5 Å². The molecule has 1 atom stereocenters. The molecule has 1 aliphatic heterocycles. The van der Waals surface area contributed by atoms with Crippen LogP contribution in [0.3, 0.4) is 0 Å². The van der Waals surface area contributed by atoms with Gasteiger partial charge in [0.05, 0.1) is 30.4 Å². The Bertz CT molecular complexity index is 1140. The van der Waals surface area contributed by atoms with Crippen molar-refractivity contribution in [1.82, 2.24) is 4.90 Å². The monoisotopic (exact) mass is 473 g/mol. The Morgan fingerprint density at radius 1 is 1.29 bits per heavy atom. The van der Waals surface area contributed by atoms with Gasteiger partial charge >= 0.3 is 5.97 Å². The van der Waals surface area contributed by atoms with Gasteiger partial charge in [0.15, 0.2) is 0 Å². The smallest absolute Gasteiger partial charge is 0.337 e. The summed E-state index contributed by atoms with van der Waals surface area (Å²) < 4.78 is 4.71. The molecule has 0 saturated heterocycles. The molecule has 1 aromatic carbocycles. The summed E-state index contributed by atoms with van der Waals surface area (Å²) in [6.45, 7) is 16.6. The van der Waals surface area contributed by atoms with Gasteiger partial charge in [0.1, 0.15) is 11.4 Å². The molecular formula is C29H35N3O3. The van der Waals surface area contributed by atoms with E-state index in [4.69, 9.17) is 9.73 Å². The van der Waals surface area contributed by atoms with Crippen molar-refractivity contribution in [2.24, 2.45) is 16.3 Å². The molecule has 0 aromatic heterocycles. The fourth-order valence-corrected chi connectivity index (χ4v) is 5.08. The molecule has 2 aliphatic rings. The van der Waals surface area contributed by atoms with Gasteiger partial charge in [-0.1, -0.05) is 52.1 Å². The van der Waals surface area contributed by atoms with E-state index in [1.54, 1.807) is 30.4 Å². The predicted molar refractivity (Wildman–Crippen MR) is 138 cm³/mol. The molecule has 1 aliphatic carbocycles. The van der Waals surface area contributed by atoms with Gasteiger partial charge in [-0.15, -0.1) is 0 Å². The van der Waals surface area contributed by atoms with Gasteiger partial charge in [-0.05, 0) is 67.7 Å². The first-order chi connectivity index (χ1) is 16.4. The summed E-state index contributed by atoms with van der Waals surface area (Å²) in [5, 5.41) is 9.35. The number of hydrogen-bond acceptors (Lipinski definition) is 5. The normalized spacial score (nSPS) is 23.2. The second-order valence-electron chi connectivity index (χ2n) is 10.6. The van der Waals surface area contributed by atoms with Crippen LogP contribution in [0.5, 0.6) is 0 Å². The Balaban J connectivity index is 1.97. The Morgan fingerprint density at radius 3 is 2.51 bits per heavy atom. The Labute approximate surface area is 208 Å². The number of methoxy groups -OCH3 is 1. The summed E-state index contributed by atoms with van der Waals surface area (Å²) in [6.07, 6.45) is 6.73. The van der Waals surface area contributed by atoms with E-state index in [-0.39, 0.29) is 22.9 Å². The van der Waals surface area contributed by atoms with E-state index in [0.29, 0.717) is 28.3 Å². The lowest BCUT2D eigenvalue weighted by Gasteiger charge is -2.47. The number of carbonyl (C=O) groups is 2. The third-order valence-corrected chi connectivity index (χ3v) is 7.34. The van der Waals surface area contributed by atoms with E-state index in [0.717, 1.165) is 25.7 Å². The van der Waals surface area contributed by atoms with Crippen molar-refractivity contribution in [3.05, 3.63) is 71.8 Å². The number of rotatable bonds is 6. The summed E-state index contributed by atoms with van der Waals surface area (Å²) in [7, 11) is 1.31. The van der Waals surface area contributed by atoms with E-state index in [1.807, 2.05) is 17.9 Å². The lowest BCUT2D eigenvalue weighted by atomic mass is 9.69. The predicted octanol–water partition coefficient (Wildman–Crippen LogP) is 5.35. The highest BCUT2D eigenvalue weighted by Gasteiger charge is 2.51. The molecule has 184 valence electrons. The zero-order valence-electron chi connectivity index (χ0n) is 21.4. The third-order valence-electron chi connectivity index (χ3n) is 7.34. The van der Waals surface area contributed by atoms with E-state index in [9.17, 15) is 14.9 Å². The Kier molecular flexibility index (Phi) is 7.50. The molecule has 3 rings (SSSR count). The highest BCUT2D eigenvalue weighted by molar-refractivity contribution is 6.46. The lowest BCUT2D eigenvalue weighted by molar-refractivity contribution is -0.135. The minimum atomic E-state index is -0.660. The van der Waals surface area contributed by atoms with Gasteiger partial charge in [-0.2, -0.15) is 5.26 Å². The number of carbonyl (C=O) groups excluding carboxylic acids is 2. The molecule has 0 N–H and O–H groups in total. The number of benzene rings is 1. The summed E-state index contributed by atoms with van der Waals surface area (Å²) in [5.74, 6) is -0.130. The van der Waals surface area contributed by atoms with Crippen LogP contribution < -0.4 is 0 Å². The minimum Gasteiger partial charge on any atom is -0.465 e. The molecule has 6 nitrogen and oxygen atoms in total. The van der Waals surface area contributed by atoms with E-state index >= 15 is 0 Å². The van der Waals surface area contributed by atoms with Crippen LogP contribution in [0, 0.1) is 22.7 Å². The first-order valence-electron chi connectivity index (χ1n) is 12.0. The molecule has 35 heavy (non-hydrogen) atoms. The van der Waals surface area contributed by atoms with Crippen LogP contribution >= 0.6 is 0 Å². The zero-order chi connectivity index (χ0) is 26.0. The van der Waals surface area contributed by atoms with E-state index < -0.39 is 11.6 Å². The molecule has 0 bridgehead atoms. The first kappa shape index (κ1) is 26.2. The number of nitriles is 1. The van der Waals surface area contributed by atoms with Crippen molar-refractivity contribution in [1.29, 1.82) is 5.26 Å². The van der Waals surface area contributed by atoms with Gasteiger partial charge in [-0.25, -0.2) is 4.79 Å². The lowest BCUT2D eigenvalue weighted by Crippen LogP contribution is -2.54. The maximum Gasteiger partial charge on any atom is 0.337 e. The molecule has 1 fully saturated rings. The highest BCUT2D eigenvalue weighted by atomic mass is 16.5. The second-order valence-corrected chi connectivity index (χ2v) is 10.6. The van der Waals surface area contributed by atoms with Crippen LogP contribution in [0.4, 0.5) is 0 Å². The fraction of sp³-hybridized carbons (Fsp3) is 0.448. The number of esters is 1. The molecule has 1 heterocycles.